The number of carbonyl (C=O) groups is 1. The van der Waals surface area contributed by atoms with Gasteiger partial charge in [0.25, 0.3) is 0 Å². The SMILES string of the molecule is CC(=O)O[C@H](CC#N)c1cccs1. The Kier molecular flexibility index (Phi) is 3.47. The number of hydrogen-bond donors (Lipinski definition) is 0. The van der Waals surface area contributed by atoms with Crippen molar-refractivity contribution in [2.24, 2.45) is 0 Å². The topological polar surface area (TPSA) is 50.1 Å². The second-order valence-corrected chi connectivity index (χ2v) is 3.46. The zero-order valence-electron chi connectivity index (χ0n) is 7.19. The van der Waals surface area contributed by atoms with Gasteiger partial charge < -0.3 is 4.74 Å². The molecule has 1 aromatic rings. The average Bonchev–Trinajstić information content (AvgIpc) is 2.54. The molecule has 0 N–H and O–H groups in total. The summed E-state index contributed by atoms with van der Waals surface area (Å²) in [5.74, 6) is -0.353. The van der Waals surface area contributed by atoms with Crippen molar-refractivity contribution in [3.05, 3.63) is 22.4 Å². The molecule has 0 aromatic carbocycles. The van der Waals surface area contributed by atoms with Crippen molar-refractivity contribution in [3.63, 3.8) is 0 Å². The Morgan fingerprint density at radius 1 is 1.85 bits per heavy atom. The van der Waals surface area contributed by atoms with Crippen LogP contribution in [0.5, 0.6) is 0 Å². The highest BCUT2D eigenvalue weighted by Crippen LogP contribution is 2.25. The van der Waals surface area contributed by atoms with Crippen molar-refractivity contribution < 1.29 is 9.53 Å². The van der Waals surface area contributed by atoms with Gasteiger partial charge in [-0.15, -0.1) is 11.3 Å². The molecule has 4 heteroatoms. The number of hydrogen-bond acceptors (Lipinski definition) is 4. The zero-order chi connectivity index (χ0) is 9.68. The van der Waals surface area contributed by atoms with Crippen LogP contribution in [-0.4, -0.2) is 5.97 Å². The lowest BCUT2D eigenvalue weighted by atomic mass is 10.2. The summed E-state index contributed by atoms with van der Waals surface area (Å²) in [5, 5.41) is 10.4. The van der Waals surface area contributed by atoms with Crippen LogP contribution < -0.4 is 0 Å². The van der Waals surface area contributed by atoms with E-state index in [-0.39, 0.29) is 12.4 Å². The van der Waals surface area contributed by atoms with E-state index in [1.54, 1.807) is 0 Å². The van der Waals surface area contributed by atoms with Gasteiger partial charge in [0.05, 0.1) is 12.5 Å². The van der Waals surface area contributed by atoms with Gasteiger partial charge in [-0.1, -0.05) is 6.07 Å². The summed E-state index contributed by atoms with van der Waals surface area (Å²) in [6, 6.07) is 5.72. The van der Waals surface area contributed by atoms with E-state index in [0.29, 0.717) is 0 Å². The Bertz CT molecular complexity index is 313. The van der Waals surface area contributed by atoms with Gasteiger partial charge in [-0.05, 0) is 11.4 Å². The summed E-state index contributed by atoms with van der Waals surface area (Å²) in [7, 11) is 0. The van der Waals surface area contributed by atoms with Crippen molar-refractivity contribution in [3.8, 4) is 6.07 Å². The normalized spacial score (nSPS) is 11.7. The molecule has 13 heavy (non-hydrogen) atoms. The molecule has 0 spiro atoms. The van der Waals surface area contributed by atoms with Gasteiger partial charge in [0.2, 0.25) is 0 Å². The molecule has 0 radical (unpaired) electrons. The van der Waals surface area contributed by atoms with E-state index in [9.17, 15) is 4.79 Å². The van der Waals surface area contributed by atoms with Crippen LogP contribution in [0.25, 0.3) is 0 Å². The first kappa shape index (κ1) is 9.75. The minimum absolute atomic E-state index is 0.208. The van der Waals surface area contributed by atoms with Gasteiger partial charge in [-0.2, -0.15) is 5.26 Å². The Morgan fingerprint density at radius 2 is 2.62 bits per heavy atom. The van der Waals surface area contributed by atoms with Gasteiger partial charge in [-0.25, -0.2) is 0 Å². The van der Waals surface area contributed by atoms with Crippen LogP contribution in [-0.2, 0) is 9.53 Å². The van der Waals surface area contributed by atoms with Crippen molar-refractivity contribution >= 4 is 17.3 Å². The van der Waals surface area contributed by atoms with Crippen LogP contribution in [0.15, 0.2) is 17.5 Å². The second kappa shape index (κ2) is 4.63. The summed E-state index contributed by atoms with van der Waals surface area (Å²) in [4.78, 5) is 11.6. The van der Waals surface area contributed by atoms with Crippen LogP contribution in [0, 0.1) is 11.3 Å². The standard InChI is InChI=1S/C9H9NO2S/c1-7(11)12-8(4-5-10)9-3-2-6-13-9/h2-3,6,8H,4H2,1H3/t8-/m1/s1. The minimum Gasteiger partial charge on any atom is -0.456 e. The van der Waals surface area contributed by atoms with E-state index in [1.165, 1.54) is 18.3 Å². The highest BCUT2D eigenvalue weighted by molar-refractivity contribution is 7.10. The Hall–Kier alpha value is -1.34. The molecule has 0 saturated carbocycles. The molecule has 1 aromatic heterocycles. The maximum absolute atomic E-state index is 10.7. The molecule has 0 bridgehead atoms. The molecule has 0 aliphatic heterocycles. The number of nitrogens with zero attached hydrogens (tertiary/aromatic N) is 1. The van der Waals surface area contributed by atoms with Gasteiger partial charge in [-0.3, -0.25) is 4.79 Å². The molecule has 1 rings (SSSR count). The Morgan fingerprint density at radius 3 is 3.08 bits per heavy atom. The highest BCUT2D eigenvalue weighted by Gasteiger charge is 2.14. The van der Waals surface area contributed by atoms with Gasteiger partial charge >= 0.3 is 5.97 Å². The number of rotatable bonds is 3. The van der Waals surface area contributed by atoms with E-state index >= 15 is 0 Å². The van der Waals surface area contributed by atoms with Crippen molar-refractivity contribution in [1.82, 2.24) is 0 Å². The molecule has 0 saturated heterocycles. The average molecular weight is 195 g/mol. The van der Waals surface area contributed by atoms with Gasteiger partial charge in [0.15, 0.2) is 0 Å². The Labute approximate surface area is 80.6 Å². The van der Waals surface area contributed by atoms with E-state index in [0.717, 1.165) is 4.88 Å². The first-order valence-corrected chi connectivity index (χ1v) is 4.69. The lowest BCUT2D eigenvalue weighted by molar-refractivity contribution is -0.146. The second-order valence-electron chi connectivity index (χ2n) is 2.48. The molecule has 0 amide bonds. The van der Waals surface area contributed by atoms with Crippen LogP contribution in [0.3, 0.4) is 0 Å². The van der Waals surface area contributed by atoms with Crippen molar-refractivity contribution in [2.75, 3.05) is 0 Å². The zero-order valence-corrected chi connectivity index (χ0v) is 8.00. The number of ether oxygens (including phenoxy) is 1. The van der Waals surface area contributed by atoms with Crippen molar-refractivity contribution in [2.45, 2.75) is 19.4 Å². The van der Waals surface area contributed by atoms with Crippen LogP contribution in [0.2, 0.25) is 0 Å². The summed E-state index contributed by atoms with van der Waals surface area (Å²) in [6.45, 7) is 1.35. The summed E-state index contributed by atoms with van der Waals surface area (Å²) in [5.41, 5.74) is 0. The molecule has 68 valence electrons. The maximum Gasteiger partial charge on any atom is 0.303 e. The van der Waals surface area contributed by atoms with Gasteiger partial charge in [0, 0.05) is 11.8 Å². The molecule has 0 unspecified atom stereocenters. The van der Waals surface area contributed by atoms with Crippen LogP contribution in [0.4, 0.5) is 0 Å². The number of carbonyl (C=O) groups excluding carboxylic acids is 1. The third kappa shape index (κ3) is 2.88. The lowest BCUT2D eigenvalue weighted by Crippen LogP contribution is -2.06. The quantitative estimate of drug-likeness (QED) is 0.695. The molecule has 0 aliphatic rings. The number of thiophene rings is 1. The highest BCUT2D eigenvalue weighted by atomic mass is 32.1. The van der Waals surface area contributed by atoms with E-state index in [1.807, 2.05) is 23.6 Å². The first-order chi connectivity index (χ1) is 6.24. The number of nitriles is 1. The van der Waals surface area contributed by atoms with E-state index in [2.05, 4.69) is 0 Å². The van der Waals surface area contributed by atoms with Crippen LogP contribution in [0.1, 0.15) is 24.3 Å². The molecule has 1 heterocycles. The summed E-state index contributed by atoms with van der Waals surface area (Å²) >= 11 is 1.48. The van der Waals surface area contributed by atoms with E-state index in [4.69, 9.17) is 10.00 Å². The van der Waals surface area contributed by atoms with Crippen molar-refractivity contribution in [1.29, 1.82) is 5.26 Å². The number of esters is 1. The molecular formula is C9H9NO2S. The fourth-order valence-corrected chi connectivity index (χ4v) is 1.71. The molecule has 3 nitrogen and oxygen atoms in total. The predicted octanol–water partition coefficient (Wildman–Crippen LogP) is 2.27. The Balaban J connectivity index is 2.69. The third-order valence-electron chi connectivity index (χ3n) is 1.45. The predicted molar refractivity (Wildman–Crippen MR) is 49.1 cm³/mol. The van der Waals surface area contributed by atoms with Gasteiger partial charge in [0.1, 0.15) is 6.10 Å². The summed E-state index contributed by atoms with van der Waals surface area (Å²) < 4.78 is 4.98. The fraction of sp³-hybridized carbons (Fsp3) is 0.333. The summed E-state index contributed by atoms with van der Waals surface area (Å²) in [6.07, 6.45) is -0.192. The monoisotopic (exact) mass is 195 g/mol. The first-order valence-electron chi connectivity index (χ1n) is 3.81. The smallest absolute Gasteiger partial charge is 0.303 e. The molecule has 0 fully saturated rings. The maximum atomic E-state index is 10.7. The van der Waals surface area contributed by atoms with Crippen LogP contribution >= 0.6 is 11.3 Å². The molecular weight excluding hydrogens is 186 g/mol. The fourth-order valence-electron chi connectivity index (χ4n) is 0.958. The molecule has 0 aliphatic carbocycles. The minimum atomic E-state index is -0.400. The molecule has 1 atom stereocenters. The largest absolute Gasteiger partial charge is 0.456 e. The third-order valence-corrected chi connectivity index (χ3v) is 2.41. The van der Waals surface area contributed by atoms with E-state index < -0.39 is 6.10 Å². The lowest BCUT2D eigenvalue weighted by Gasteiger charge is -2.11.